The highest BCUT2D eigenvalue weighted by atomic mass is 16.2. The van der Waals surface area contributed by atoms with E-state index in [0.29, 0.717) is 0 Å². The molecule has 1 aliphatic carbocycles. The molecule has 0 aromatic rings. The van der Waals surface area contributed by atoms with Crippen LogP contribution < -0.4 is 10.6 Å². The second-order valence-corrected chi connectivity index (χ2v) is 5.91. The van der Waals surface area contributed by atoms with Crippen LogP contribution in [-0.4, -0.2) is 18.6 Å². The van der Waals surface area contributed by atoms with Crippen LogP contribution in [0.15, 0.2) is 0 Å². The van der Waals surface area contributed by atoms with E-state index in [9.17, 15) is 4.79 Å². The first kappa shape index (κ1) is 15.3. The largest absolute Gasteiger partial charge is 0.338 e. The molecule has 0 aromatic heterocycles. The molecule has 0 heterocycles. The molecule has 0 unspecified atom stereocenters. The van der Waals surface area contributed by atoms with Gasteiger partial charge in [-0.05, 0) is 26.2 Å². The quantitative estimate of drug-likeness (QED) is 0.666. The third-order valence-corrected chi connectivity index (χ3v) is 3.72. The van der Waals surface area contributed by atoms with Gasteiger partial charge < -0.3 is 10.6 Å². The molecule has 0 saturated heterocycles. The van der Waals surface area contributed by atoms with E-state index >= 15 is 0 Å². The van der Waals surface area contributed by atoms with Crippen LogP contribution in [0, 0.1) is 5.92 Å². The van der Waals surface area contributed by atoms with Crippen molar-refractivity contribution in [2.75, 3.05) is 6.54 Å². The Morgan fingerprint density at radius 2 is 1.83 bits per heavy atom. The summed E-state index contributed by atoms with van der Waals surface area (Å²) in [6, 6.07) is 0.189. The van der Waals surface area contributed by atoms with E-state index in [4.69, 9.17) is 0 Å². The fraction of sp³-hybridized carbons (Fsp3) is 0.933. The Balaban J connectivity index is 1.87. The van der Waals surface area contributed by atoms with Gasteiger partial charge in [0.2, 0.25) is 0 Å². The average molecular weight is 254 g/mol. The van der Waals surface area contributed by atoms with Crippen molar-refractivity contribution in [3.05, 3.63) is 0 Å². The van der Waals surface area contributed by atoms with Gasteiger partial charge in [0, 0.05) is 12.6 Å². The van der Waals surface area contributed by atoms with Gasteiger partial charge in [0.05, 0.1) is 0 Å². The van der Waals surface area contributed by atoms with Crippen molar-refractivity contribution in [3.63, 3.8) is 0 Å². The molecule has 18 heavy (non-hydrogen) atoms. The van der Waals surface area contributed by atoms with Gasteiger partial charge in [0.25, 0.3) is 0 Å². The molecule has 1 saturated carbocycles. The highest BCUT2D eigenvalue weighted by Gasteiger charge is 2.12. The molecule has 2 N–H and O–H groups in total. The van der Waals surface area contributed by atoms with Crippen LogP contribution in [0.5, 0.6) is 0 Å². The van der Waals surface area contributed by atoms with E-state index in [1.54, 1.807) is 0 Å². The summed E-state index contributed by atoms with van der Waals surface area (Å²) in [7, 11) is 0. The SMILES string of the molecule is CC(C)NC(=O)NCCCCCC1CCCCC1. The van der Waals surface area contributed by atoms with Crippen molar-refractivity contribution in [3.8, 4) is 0 Å². The van der Waals surface area contributed by atoms with Crippen LogP contribution in [0.2, 0.25) is 0 Å². The standard InChI is InChI=1S/C15H30N2O/c1-13(2)17-15(18)16-12-8-4-7-11-14-9-5-3-6-10-14/h13-14H,3-12H2,1-2H3,(H2,16,17,18). The number of carbonyl (C=O) groups is 1. The molecular formula is C15H30N2O. The molecule has 3 nitrogen and oxygen atoms in total. The number of amides is 2. The van der Waals surface area contributed by atoms with Gasteiger partial charge in [-0.25, -0.2) is 4.79 Å². The maximum absolute atomic E-state index is 11.3. The summed E-state index contributed by atoms with van der Waals surface area (Å²) >= 11 is 0. The van der Waals surface area contributed by atoms with Gasteiger partial charge in [0.1, 0.15) is 0 Å². The number of hydrogen-bond donors (Lipinski definition) is 2. The molecular weight excluding hydrogens is 224 g/mol. The number of hydrogen-bond acceptors (Lipinski definition) is 1. The Morgan fingerprint density at radius 1 is 1.11 bits per heavy atom. The van der Waals surface area contributed by atoms with Gasteiger partial charge in [-0.2, -0.15) is 0 Å². The molecule has 106 valence electrons. The highest BCUT2D eigenvalue weighted by molar-refractivity contribution is 5.73. The highest BCUT2D eigenvalue weighted by Crippen LogP contribution is 2.27. The lowest BCUT2D eigenvalue weighted by Crippen LogP contribution is -2.39. The number of rotatable bonds is 7. The van der Waals surface area contributed by atoms with Gasteiger partial charge in [-0.1, -0.05) is 51.4 Å². The number of urea groups is 1. The molecule has 0 bridgehead atoms. The Morgan fingerprint density at radius 3 is 2.50 bits per heavy atom. The zero-order valence-electron chi connectivity index (χ0n) is 12.1. The smallest absolute Gasteiger partial charge is 0.314 e. The molecule has 3 heteroatoms. The predicted octanol–water partition coefficient (Wildman–Crippen LogP) is 3.83. The minimum absolute atomic E-state index is 0.0303. The van der Waals surface area contributed by atoms with Crippen LogP contribution in [0.4, 0.5) is 4.79 Å². The zero-order chi connectivity index (χ0) is 13.2. The molecule has 0 aromatic carbocycles. The monoisotopic (exact) mass is 254 g/mol. The van der Waals surface area contributed by atoms with Gasteiger partial charge in [-0.15, -0.1) is 0 Å². The average Bonchev–Trinajstić information content (AvgIpc) is 2.34. The second-order valence-electron chi connectivity index (χ2n) is 5.91. The Hall–Kier alpha value is -0.730. The van der Waals surface area contributed by atoms with Crippen molar-refractivity contribution >= 4 is 6.03 Å². The molecule has 1 fully saturated rings. The first-order valence-corrected chi connectivity index (χ1v) is 7.73. The van der Waals surface area contributed by atoms with Crippen LogP contribution in [0.3, 0.4) is 0 Å². The van der Waals surface area contributed by atoms with E-state index < -0.39 is 0 Å². The summed E-state index contributed by atoms with van der Waals surface area (Å²) in [6.07, 6.45) is 12.3. The molecule has 0 spiro atoms. The lowest BCUT2D eigenvalue weighted by molar-refractivity contribution is 0.238. The van der Waals surface area contributed by atoms with Crippen molar-refractivity contribution in [1.82, 2.24) is 10.6 Å². The zero-order valence-corrected chi connectivity index (χ0v) is 12.1. The molecule has 1 aliphatic rings. The first-order valence-electron chi connectivity index (χ1n) is 7.73. The van der Waals surface area contributed by atoms with E-state index in [-0.39, 0.29) is 12.1 Å². The molecule has 0 atom stereocenters. The first-order chi connectivity index (χ1) is 8.68. The van der Waals surface area contributed by atoms with Crippen molar-refractivity contribution in [2.24, 2.45) is 5.92 Å². The Labute approximate surface area is 112 Å². The molecule has 0 aliphatic heterocycles. The topological polar surface area (TPSA) is 41.1 Å². The van der Waals surface area contributed by atoms with E-state index in [0.717, 1.165) is 18.9 Å². The maximum Gasteiger partial charge on any atom is 0.314 e. The van der Waals surface area contributed by atoms with Gasteiger partial charge in [0.15, 0.2) is 0 Å². The normalized spacial score (nSPS) is 16.8. The molecule has 0 radical (unpaired) electrons. The van der Waals surface area contributed by atoms with E-state index in [2.05, 4.69) is 10.6 Å². The minimum atomic E-state index is -0.0303. The summed E-state index contributed by atoms with van der Waals surface area (Å²) in [5, 5.41) is 5.74. The molecule has 1 rings (SSSR count). The Bertz CT molecular complexity index is 223. The van der Waals surface area contributed by atoms with Crippen molar-refractivity contribution in [1.29, 1.82) is 0 Å². The van der Waals surface area contributed by atoms with Gasteiger partial charge in [-0.3, -0.25) is 0 Å². The summed E-state index contributed by atoms with van der Waals surface area (Å²) in [5.41, 5.74) is 0. The van der Waals surface area contributed by atoms with Crippen LogP contribution in [0.25, 0.3) is 0 Å². The summed E-state index contributed by atoms with van der Waals surface area (Å²) < 4.78 is 0. The lowest BCUT2D eigenvalue weighted by atomic mass is 9.86. The summed E-state index contributed by atoms with van der Waals surface area (Å²) in [4.78, 5) is 11.3. The fourth-order valence-corrected chi connectivity index (χ4v) is 2.73. The number of unbranched alkanes of at least 4 members (excludes halogenated alkanes) is 2. The third kappa shape index (κ3) is 7.57. The Kier molecular flexibility index (Phi) is 7.86. The van der Waals surface area contributed by atoms with Gasteiger partial charge >= 0.3 is 6.03 Å². The second kappa shape index (κ2) is 9.23. The van der Waals surface area contributed by atoms with Crippen molar-refractivity contribution < 1.29 is 4.79 Å². The summed E-state index contributed by atoms with van der Waals surface area (Å²) in [6.45, 7) is 4.76. The minimum Gasteiger partial charge on any atom is -0.338 e. The lowest BCUT2D eigenvalue weighted by Gasteiger charge is -2.21. The van der Waals surface area contributed by atoms with Crippen LogP contribution >= 0.6 is 0 Å². The number of carbonyl (C=O) groups excluding carboxylic acids is 1. The number of nitrogens with one attached hydrogen (secondary N) is 2. The summed E-state index contributed by atoms with van der Waals surface area (Å²) in [5.74, 6) is 0.996. The fourth-order valence-electron chi connectivity index (χ4n) is 2.73. The van der Waals surface area contributed by atoms with Crippen molar-refractivity contribution in [2.45, 2.75) is 77.7 Å². The van der Waals surface area contributed by atoms with E-state index in [1.165, 1.54) is 51.4 Å². The third-order valence-electron chi connectivity index (χ3n) is 3.72. The maximum atomic E-state index is 11.3. The molecule has 2 amide bonds. The van der Waals surface area contributed by atoms with Crippen LogP contribution in [-0.2, 0) is 0 Å². The van der Waals surface area contributed by atoms with Crippen LogP contribution in [0.1, 0.15) is 71.6 Å². The predicted molar refractivity (Wildman–Crippen MR) is 76.7 cm³/mol. The van der Waals surface area contributed by atoms with E-state index in [1.807, 2.05) is 13.8 Å².